The van der Waals surface area contributed by atoms with Crippen molar-refractivity contribution in [1.29, 1.82) is 0 Å². The second-order valence-electron chi connectivity index (χ2n) is 1.82. The van der Waals surface area contributed by atoms with Gasteiger partial charge in [-0.2, -0.15) is 0 Å². The summed E-state index contributed by atoms with van der Waals surface area (Å²) in [5.74, 6) is -2.01. The Kier molecular flexibility index (Phi) is 7.48. The Morgan fingerprint density at radius 2 is 1.54 bits per heavy atom. The van der Waals surface area contributed by atoms with Gasteiger partial charge in [-0.1, -0.05) is 0 Å². The molecule has 0 rings (SSSR count). The van der Waals surface area contributed by atoms with E-state index in [4.69, 9.17) is 26.5 Å². The number of hydrogen-bond acceptors (Lipinski definition) is 5. The molecular formula is C5H11N3O5. The van der Waals surface area contributed by atoms with Crippen LogP contribution in [-0.2, 0) is 9.59 Å². The first kappa shape index (κ1) is 13.9. The lowest BCUT2D eigenvalue weighted by Gasteiger charge is -2.00. The summed E-state index contributed by atoms with van der Waals surface area (Å²) >= 11 is 0. The van der Waals surface area contributed by atoms with Crippen molar-refractivity contribution in [3.05, 3.63) is 0 Å². The number of primary amides is 1. The summed E-state index contributed by atoms with van der Waals surface area (Å²) in [4.78, 5) is 29.0. The van der Waals surface area contributed by atoms with Crippen LogP contribution in [0.25, 0.3) is 0 Å². The minimum atomic E-state index is -1.46. The van der Waals surface area contributed by atoms with Crippen LogP contribution in [0.3, 0.4) is 0 Å². The monoisotopic (exact) mass is 193 g/mol. The first-order chi connectivity index (χ1) is 5.82. The lowest BCUT2D eigenvalue weighted by Crippen LogP contribution is -2.41. The summed E-state index contributed by atoms with van der Waals surface area (Å²) < 4.78 is 0. The fraction of sp³-hybridized carbons (Fsp3) is 0.400. The summed E-state index contributed by atoms with van der Waals surface area (Å²) in [5, 5.41) is 15.3. The van der Waals surface area contributed by atoms with E-state index >= 15 is 0 Å². The van der Waals surface area contributed by atoms with Crippen LogP contribution in [0.15, 0.2) is 0 Å². The van der Waals surface area contributed by atoms with Gasteiger partial charge in [-0.25, -0.2) is 4.79 Å². The number of Topliss-reactive ketones (excluding diaryl/α,β-unsaturated/α-hetero) is 1. The van der Waals surface area contributed by atoms with Gasteiger partial charge in [0.05, 0.1) is 6.54 Å². The third-order valence-electron chi connectivity index (χ3n) is 0.814. The second kappa shape index (κ2) is 7.00. The van der Waals surface area contributed by atoms with Gasteiger partial charge in [0.1, 0.15) is 0 Å². The molecule has 0 aliphatic rings. The highest BCUT2D eigenvalue weighted by atomic mass is 16.4. The summed E-state index contributed by atoms with van der Waals surface area (Å²) in [6.07, 6.45) is -1.33. The number of hydrogen-bond donors (Lipinski definition) is 5. The van der Waals surface area contributed by atoms with Crippen molar-refractivity contribution in [1.82, 2.24) is 0 Å². The van der Waals surface area contributed by atoms with E-state index in [1.807, 2.05) is 0 Å². The number of carboxylic acids is 1. The molecule has 0 spiro atoms. The Morgan fingerprint density at radius 1 is 1.23 bits per heavy atom. The maximum atomic E-state index is 10.3. The Labute approximate surface area is 73.3 Å². The van der Waals surface area contributed by atoms with E-state index in [0.717, 1.165) is 0 Å². The van der Waals surface area contributed by atoms with Crippen molar-refractivity contribution < 1.29 is 24.6 Å². The summed E-state index contributed by atoms with van der Waals surface area (Å²) in [7, 11) is 0. The SMILES string of the molecule is NC(=O)O.NCC(=O)C(N)C(=O)O. The molecule has 8 heteroatoms. The molecule has 0 saturated carbocycles. The molecule has 13 heavy (non-hydrogen) atoms. The molecule has 0 aromatic rings. The molecule has 0 aromatic carbocycles. The average molecular weight is 193 g/mol. The molecule has 1 amide bonds. The molecule has 8 nitrogen and oxygen atoms in total. The van der Waals surface area contributed by atoms with Crippen molar-refractivity contribution in [2.24, 2.45) is 17.2 Å². The van der Waals surface area contributed by atoms with Gasteiger partial charge in [-0.3, -0.25) is 9.59 Å². The largest absolute Gasteiger partial charge is 0.480 e. The minimum absolute atomic E-state index is 0.326. The highest BCUT2D eigenvalue weighted by molar-refractivity contribution is 6.02. The second-order valence-corrected chi connectivity index (χ2v) is 1.82. The van der Waals surface area contributed by atoms with Crippen LogP contribution in [0, 0.1) is 0 Å². The fourth-order valence-corrected chi connectivity index (χ4v) is 0.265. The van der Waals surface area contributed by atoms with Gasteiger partial charge in [0.25, 0.3) is 0 Å². The lowest BCUT2D eigenvalue weighted by atomic mass is 10.2. The molecule has 0 radical (unpaired) electrons. The maximum Gasteiger partial charge on any atom is 0.402 e. The van der Waals surface area contributed by atoms with Crippen molar-refractivity contribution >= 4 is 17.8 Å². The van der Waals surface area contributed by atoms with Crippen LogP contribution in [0.1, 0.15) is 0 Å². The summed E-state index contributed by atoms with van der Waals surface area (Å²) in [5.41, 5.74) is 13.7. The first-order valence-electron chi connectivity index (χ1n) is 3.02. The Bertz CT molecular complexity index is 200. The highest BCUT2D eigenvalue weighted by Crippen LogP contribution is 1.78. The third-order valence-corrected chi connectivity index (χ3v) is 0.814. The number of amides is 1. The van der Waals surface area contributed by atoms with E-state index in [-0.39, 0.29) is 6.54 Å². The molecule has 0 aromatic heterocycles. The topological polar surface area (TPSA) is 170 Å². The molecule has 0 heterocycles. The summed E-state index contributed by atoms with van der Waals surface area (Å²) in [6, 6.07) is -1.46. The van der Waals surface area contributed by atoms with Gasteiger partial charge >= 0.3 is 12.1 Å². The molecule has 0 aliphatic heterocycles. The maximum absolute atomic E-state index is 10.3. The van der Waals surface area contributed by atoms with Crippen LogP contribution in [0.4, 0.5) is 4.79 Å². The Hall–Kier alpha value is -1.67. The first-order valence-corrected chi connectivity index (χ1v) is 3.02. The van der Waals surface area contributed by atoms with Crippen LogP contribution in [0.5, 0.6) is 0 Å². The Morgan fingerprint density at radius 3 is 1.62 bits per heavy atom. The lowest BCUT2D eigenvalue weighted by molar-refractivity contribution is -0.141. The molecule has 0 fully saturated rings. The number of nitrogens with two attached hydrogens (primary N) is 3. The van der Waals surface area contributed by atoms with Gasteiger partial charge in [0.15, 0.2) is 11.8 Å². The number of ketones is 1. The zero-order valence-electron chi connectivity index (χ0n) is 6.64. The molecule has 76 valence electrons. The number of carboxylic acid groups (broad SMARTS) is 2. The number of rotatable bonds is 3. The summed E-state index contributed by atoms with van der Waals surface area (Å²) in [6.45, 7) is -0.326. The molecule has 0 saturated heterocycles. The van der Waals surface area contributed by atoms with Crippen LogP contribution < -0.4 is 17.2 Å². The van der Waals surface area contributed by atoms with E-state index in [2.05, 4.69) is 5.73 Å². The molecular weight excluding hydrogens is 182 g/mol. The van der Waals surface area contributed by atoms with Gasteiger partial charge in [0, 0.05) is 0 Å². The van der Waals surface area contributed by atoms with Crippen molar-refractivity contribution in [3.8, 4) is 0 Å². The fourth-order valence-electron chi connectivity index (χ4n) is 0.265. The zero-order chi connectivity index (χ0) is 11.0. The number of aliphatic carboxylic acids is 1. The molecule has 1 atom stereocenters. The van der Waals surface area contributed by atoms with Gasteiger partial charge < -0.3 is 27.4 Å². The van der Waals surface area contributed by atoms with E-state index in [0.29, 0.717) is 0 Å². The van der Waals surface area contributed by atoms with Gasteiger partial charge in [-0.05, 0) is 0 Å². The number of carbonyl (C=O) groups excluding carboxylic acids is 1. The molecule has 1 unspecified atom stereocenters. The van der Waals surface area contributed by atoms with Gasteiger partial charge in [0.2, 0.25) is 0 Å². The van der Waals surface area contributed by atoms with Crippen molar-refractivity contribution in [2.45, 2.75) is 6.04 Å². The van der Waals surface area contributed by atoms with Gasteiger partial charge in [-0.15, -0.1) is 0 Å². The van der Waals surface area contributed by atoms with Crippen molar-refractivity contribution in [3.63, 3.8) is 0 Å². The van der Waals surface area contributed by atoms with Crippen LogP contribution in [-0.4, -0.2) is 40.6 Å². The minimum Gasteiger partial charge on any atom is -0.480 e. The standard InChI is InChI=1S/C4H8N2O3.CH3NO2/c5-1-2(7)3(6)4(8)9;2-1(3)4/h3H,1,5-6H2,(H,8,9);2H2,(H,3,4). The number of carbonyl (C=O) groups is 3. The van der Waals surface area contributed by atoms with E-state index in [1.54, 1.807) is 0 Å². The van der Waals surface area contributed by atoms with E-state index in [9.17, 15) is 9.59 Å². The predicted molar refractivity (Wildman–Crippen MR) is 41.9 cm³/mol. The van der Waals surface area contributed by atoms with E-state index < -0.39 is 23.9 Å². The zero-order valence-corrected chi connectivity index (χ0v) is 6.64. The molecule has 0 aliphatic carbocycles. The Balaban J connectivity index is 0. The quantitative estimate of drug-likeness (QED) is 0.309. The normalized spacial score (nSPS) is 10.6. The van der Waals surface area contributed by atoms with Crippen LogP contribution >= 0.6 is 0 Å². The smallest absolute Gasteiger partial charge is 0.402 e. The predicted octanol–water partition coefficient (Wildman–Crippen LogP) is -2.45. The average Bonchev–Trinajstić information content (AvgIpc) is 2.00. The highest BCUT2D eigenvalue weighted by Gasteiger charge is 2.18. The third kappa shape index (κ3) is 10.3. The molecule has 0 bridgehead atoms. The van der Waals surface area contributed by atoms with Crippen molar-refractivity contribution in [2.75, 3.05) is 6.54 Å². The van der Waals surface area contributed by atoms with Crippen LogP contribution in [0.2, 0.25) is 0 Å². The molecule has 8 N–H and O–H groups in total. The van der Waals surface area contributed by atoms with E-state index in [1.165, 1.54) is 0 Å².